The van der Waals surface area contributed by atoms with Crippen LogP contribution in [0, 0.1) is 11.3 Å². The van der Waals surface area contributed by atoms with Gasteiger partial charge < -0.3 is 10.1 Å². The molecule has 0 fully saturated rings. The van der Waals surface area contributed by atoms with Crippen molar-refractivity contribution in [2.24, 2.45) is 0 Å². The van der Waals surface area contributed by atoms with Gasteiger partial charge in [0.1, 0.15) is 16.8 Å². The lowest BCUT2D eigenvalue weighted by Crippen LogP contribution is -2.25. The quantitative estimate of drug-likeness (QED) is 0.263. The molecular formula is C27H24N6O4S2. The molecule has 4 aromatic rings. The normalized spacial score (nSPS) is 11.7. The number of hydrogen-bond donors (Lipinski definition) is 2. The van der Waals surface area contributed by atoms with Gasteiger partial charge in [0.2, 0.25) is 11.9 Å². The Balaban J connectivity index is 1.47. The molecule has 2 aromatic carbocycles. The largest absolute Gasteiger partial charge is 0.497 e. The Morgan fingerprint density at radius 1 is 1.05 bits per heavy atom. The first-order chi connectivity index (χ1) is 18.8. The van der Waals surface area contributed by atoms with Gasteiger partial charge >= 0.3 is 0 Å². The van der Waals surface area contributed by atoms with Gasteiger partial charge in [0.05, 0.1) is 28.5 Å². The number of pyridine rings is 1. The molecule has 10 nitrogen and oxygen atoms in total. The van der Waals surface area contributed by atoms with E-state index < -0.39 is 15.3 Å². The van der Waals surface area contributed by atoms with E-state index in [2.05, 4.69) is 31.1 Å². The third-order valence-electron chi connectivity index (χ3n) is 5.51. The standard InChI is InChI=1S/C27H24N6O4S2/c1-3-24(38-26-19(17-28)7-14-23(32-26)18-5-10-21(37-2)11-6-18)25(34)31-20-8-12-22(13-9-20)39(35,36)33-27-29-15-4-16-30-27/h4-16,24H,3H2,1-2H3,(H,31,34)(H,29,30,33). The molecule has 2 heterocycles. The number of aromatic nitrogens is 3. The van der Waals surface area contributed by atoms with Crippen molar-refractivity contribution in [2.45, 2.75) is 28.5 Å². The van der Waals surface area contributed by atoms with E-state index in [9.17, 15) is 18.5 Å². The number of benzene rings is 2. The second-order valence-corrected chi connectivity index (χ2v) is 11.0. The van der Waals surface area contributed by atoms with Crippen LogP contribution in [0.1, 0.15) is 18.9 Å². The van der Waals surface area contributed by atoms with Gasteiger partial charge in [-0.25, -0.2) is 28.1 Å². The number of ether oxygens (including phenoxy) is 1. The Bertz CT molecular complexity index is 1590. The zero-order valence-corrected chi connectivity index (χ0v) is 22.7. The van der Waals surface area contributed by atoms with Crippen LogP contribution in [0.2, 0.25) is 0 Å². The molecule has 0 aliphatic rings. The number of rotatable bonds is 10. The van der Waals surface area contributed by atoms with Crippen LogP contribution in [0.3, 0.4) is 0 Å². The summed E-state index contributed by atoms with van der Waals surface area (Å²) in [5, 5.41) is 12.3. The van der Waals surface area contributed by atoms with Crippen molar-refractivity contribution in [2.75, 3.05) is 17.1 Å². The molecule has 1 amide bonds. The van der Waals surface area contributed by atoms with Crippen LogP contribution in [0.25, 0.3) is 11.3 Å². The van der Waals surface area contributed by atoms with Gasteiger partial charge in [0, 0.05) is 23.6 Å². The van der Waals surface area contributed by atoms with Crippen molar-refractivity contribution in [3.05, 3.63) is 84.7 Å². The van der Waals surface area contributed by atoms with Gasteiger partial charge in [0.15, 0.2) is 0 Å². The monoisotopic (exact) mass is 560 g/mol. The SMILES string of the molecule is CCC(Sc1nc(-c2ccc(OC)cc2)ccc1C#N)C(=O)Nc1ccc(S(=O)(=O)Nc2ncccn2)cc1. The number of nitrogens with one attached hydrogen (secondary N) is 2. The molecule has 1 atom stereocenters. The van der Waals surface area contributed by atoms with Crippen LogP contribution in [-0.2, 0) is 14.8 Å². The lowest BCUT2D eigenvalue weighted by Gasteiger charge is -2.16. The number of thioether (sulfide) groups is 1. The minimum absolute atomic E-state index is 0.00687. The smallest absolute Gasteiger partial charge is 0.264 e. The number of anilines is 2. The van der Waals surface area contributed by atoms with Gasteiger partial charge in [-0.2, -0.15) is 5.26 Å². The molecule has 39 heavy (non-hydrogen) atoms. The van der Waals surface area contributed by atoms with Crippen LogP contribution in [-0.4, -0.2) is 41.6 Å². The van der Waals surface area contributed by atoms with E-state index in [4.69, 9.17) is 4.74 Å². The first-order valence-electron chi connectivity index (χ1n) is 11.8. The molecule has 12 heteroatoms. The van der Waals surface area contributed by atoms with E-state index in [-0.39, 0.29) is 16.8 Å². The highest BCUT2D eigenvalue weighted by atomic mass is 32.2. The summed E-state index contributed by atoms with van der Waals surface area (Å²) in [4.78, 5) is 25.5. The maximum atomic E-state index is 13.1. The minimum Gasteiger partial charge on any atom is -0.497 e. The van der Waals surface area contributed by atoms with E-state index >= 15 is 0 Å². The zero-order valence-electron chi connectivity index (χ0n) is 21.0. The summed E-state index contributed by atoms with van der Waals surface area (Å²) in [5.41, 5.74) is 2.31. The highest BCUT2D eigenvalue weighted by Crippen LogP contribution is 2.31. The fraction of sp³-hybridized carbons (Fsp3) is 0.148. The summed E-state index contributed by atoms with van der Waals surface area (Å²) in [7, 11) is -2.30. The molecule has 4 rings (SSSR count). The third-order valence-corrected chi connectivity index (χ3v) is 8.22. The fourth-order valence-corrected chi connectivity index (χ4v) is 5.42. The number of nitriles is 1. The second kappa shape index (κ2) is 12.4. The number of methoxy groups -OCH3 is 1. The van der Waals surface area contributed by atoms with Crippen molar-refractivity contribution < 1.29 is 17.9 Å². The van der Waals surface area contributed by atoms with Gasteiger partial charge in [-0.1, -0.05) is 18.7 Å². The molecule has 1 unspecified atom stereocenters. The molecule has 0 saturated heterocycles. The van der Waals surface area contributed by atoms with Crippen molar-refractivity contribution in [3.63, 3.8) is 0 Å². The van der Waals surface area contributed by atoms with Gasteiger partial charge in [-0.05, 0) is 73.2 Å². The first-order valence-corrected chi connectivity index (χ1v) is 14.1. The highest BCUT2D eigenvalue weighted by Gasteiger charge is 2.22. The summed E-state index contributed by atoms with van der Waals surface area (Å²) in [6, 6.07) is 20.3. The van der Waals surface area contributed by atoms with E-state index in [1.54, 1.807) is 25.3 Å². The summed E-state index contributed by atoms with van der Waals surface area (Å²) in [6.07, 6.45) is 3.33. The van der Waals surface area contributed by atoms with Crippen molar-refractivity contribution in [3.8, 4) is 23.1 Å². The number of carbonyl (C=O) groups excluding carboxylic acids is 1. The van der Waals surface area contributed by atoms with Crippen molar-refractivity contribution in [1.29, 1.82) is 5.26 Å². The zero-order chi connectivity index (χ0) is 27.8. The number of amides is 1. The van der Waals surface area contributed by atoms with Crippen LogP contribution in [0.5, 0.6) is 5.75 Å². The van der Waals surface area contributed by atoms with Crippen molar-refractivity contribution in [1.82, 2.24) is 15.0 Å². The van der Waals surface area contributed by atoms with Crippen LogP contribution < -0.4 is 14.8 Å². The predicted octanol–water partition coefficient (Wildman–Crippen LogP) is 4.73. The lowest BCUT2D eigenvalue weighted by molar-refractivity contribution is -0.115. The summed E-state index contributed by atoms with van der Waals surface area (Å²) >= 11 is 1.20. The molecular weight excluding hydrogens is 536 g/mol. The average Bonchev–Trinajstić information content (AvgIpc) is 2.96. The van der Waals surface area contributed by atoms with Gasteiger partial charge in [-0.3, -0.25) is 4.79 Å². The minimum atomic E-state index is -3.90. The van der Waals surface area contributed by atoms with Gasteiger partial charge in [-0.15, -0.1) is 0 Å². The van der Waals surface area contributed by atoms with Crippen molar-refractivity contribution >= 4 is 39.3 Å². The fourth-order valence-electron chi connectivity index (χ4n) is 3.47. The average molecular weight is 561 g/mol. The summed E-state index contributed by atoms with van der Waals surface area (Å²) in [5.74, 6) is 0.380. The van der Waals surface area contributed by atoms with E-state index in [0.29, 0.717) is 28.4 Å². The molecule has 2 aromatic heterocycles. The molecule has 198 valence electrons. The Labute approximate surface area is 230 Å². The maximum absolute atomic E-state index is 13.1. The van der Waals surface area contributed by atoms with Crippen LogP contribution in [0.4, 0.5) is 11.6 Å². The second-order valence-electron chi connectivity index (χ2n) is 8.10. The molecule has 0 aliphatic carbocycles. The van der Waals surface area contributed by atoms with E-state index in [0.717, 1.165) is 11.3 Å². The van der Waals surface area contributed by atoms with Crippen LogP contribution >= 0.6 is 11.8 Å². The highest BCUT2D eigenvalue weighted by molar-refractivity contribution is 8.00. The number of nitrogens with zero attached hydrogens (tertiary/aromatic N) is 4. The summed E-state index contributed by atoms with van der Waals surface area (Å²) in [6.45, 7) is 1.86. The lowest BCUT2D eigenvalue weighted by atomic mass is 10.1. The first kappa shape index (κ1) is 27.6. The Kier molecular flexibility index (Phi) is 8.75. The number of sulfonamides is 1. The third kappa shape index (κ3) is 6.90. The predicted molar refractivity (Wildman–Crippen MR) is 149 cm³/mol. The van der Waals surface area contributed by atoms with Crippen LogP contribution in [0.15, 0.2) is 89.0 Å². The molecule has 2 N–H and O–H groups in total. The number of hydrogen-bond acceptors (Lipinski definition) is 9. The van der Waals surface area contributed by atoms with E-state index in [1.807, 2.05) is 31.2 Å². The molecule has 0 aliphatic heterocycles. The Morgan fingerprint density at radius 2 is 1.74 bits per heavy atom. The Morgan fingerprint density at radius 3 is 2.36 bits per heavy atom. The Hall–Kier alpha value is -4.47. The molecule has 0 saturated carbocycles. The molecule has 0 radical (unpaired) electrons. The maximum Gasteiger partial charge on any atom is 0.264 e. The topological polar surface area (TPSA) is 147 Å². The van der Waals surface area contributed by atoms with E-state index in [1.165, 1.54) is 48.4 Å². The molecule has 0 bridgehead atoms. The number of carbonyl (C=O) groups is 1. The van der Waals surface area contributed by atoms with Gasteiger partial charge in [0.25, 0.3) is 10.0 Å². The molecule has 0 spiro atoms. The summed E-state index contributed by atoms with van der Waals surface area (Å²) < 4.78 is 32.7.